The van der Waals surface area contributed by atoms with Crippen LogP contribution in [0, 0.1) is 13.8 Å². The largest absolute Gasteiger partial charge is 0.454 e. The van der Waals surface area contributed by atoms with Gasteiger partial charge in [-0.05, 0) is 37.6 Å². The van der Waals surface area contributed by atoms with Crippen LogP contribution >= 0.6 is 0 Å². The van der Waals surface area contributed by atoms with Crippen LogP contribution in [0.25, 0.3) is 17.1 Å². The van der Waals surface area contributed by atoms with Gasteiger partial charge >= 0.3 is 5.97 Å². The highest BCUT2D eigenvalue weighted by Gasteiger charge is 2.20. The Hall–Kier alpha value is -3.74. The van der Waals surface area contributed by atoms with Gasteiger partial charge in [-0.2, -0.15) is 0 Å². The second kappa shape index (κ2) is 7.11. The van der Waals surface area contributed by atoms with E-state index in [9.17, 15) is 9.59 Å². The van der Waals surface area contributed by atoms with Gasteiger partial charge in [0.15, 0.2) is 5.69 Å². The fraction of sp³-hybridized carbons (Fsp3) is 0.143. The SMILES string of the molecule is Cc1oc(-c2ccccc2)nc1C(=O)OCc1cc(=O)n2cccc(C)c2n1. The molecule has 0 saturated heterocycles. The van der Waals surface area contributed by atoms with E-state index in [0.717, 1.165) is 11.1 Å². The molecule has 0 N–H and O–H groups in total. The monoisotopic (exact) mass is 375 g/mol. The topological polar surface area (TPSA) is 86.7 Å². The molecule has 0 unspecified atom stereocenters. The molecule has 0 saturated carbocycles. The number of aryl methyl sites for hydroxylation is 2. The first kappa shape index (κ1) is 17.7. The van der Waals surface area contributed by atoms with Crippen LogP contribution in [-0.4, -0.2) is 20.3 Å². The molecule has 7 nitrogen and oxygen atoms in total. The maximum Gasteiger partial charge on any atom is 0.361 e. The minimum Gasteiger partial charge on any atom is -0.454 e. The Morgan fingerprint density at radius 3 is 2.68 bits per heavy atom. The molecule has 7 heteroatoms. The Kier molecular flexibility index (Phi) is 4.49. The number of fused-ring (bicyclic) bond motifs is 1. The smallest absolute Gasteiger partial charge is 0.361 e. The van der Waals surface area contributed by atoms with Crippen LogP contribution in [0.5, 0.6) is 0 Å². The van der Waals surface area contributed by atoms with E-state index in [0.29, 0.717) is 23.0 Å². The Morgan fingerprint density at radius 2 is 1.89 bits per heavy atom. The minimum atomic E-state index is -0.629. The second-order valence-electron chi connectivity index (χ2n) is 6.34. The molecule has 140 valence electrons. The number of benzene rings is 1. The number of hydrogen-bond donors (Lipinski definition) is 0. The molecule has 28 heavy (non-hydrogen) atoms. The molecule has 4 rings (SSSR count). The first-order chi connectivity index (χ1) is 13.5. The number of rotatable bonds is 4. The maximum absolute atomic E-state index is 12.4. The van der Waals surface area contributed by atoms with Crippen LogP contribution in [0.1, 0.15) is 27.5 Å². The fourth-order valence-corrected chi connectivity index (χ4v) is 2.88. The van der Waals surface area contributed by atoms with Crippen molar-refractivity contribution >= 4 is 11.6 Å². The highest BCUT2D eigenvalue weighted by Crippen LogP contribution is 2.22. The number of carbonyl (C=O) groups is 1. The van der Waals surface area contributed by atoms with E-state index in [1.165, 1.54) is 10.5 Å². The van der Waals surface area contributed by atoms with Crippen molar-refractivity contribution in [3.05, 3.63) is 87.8 Å². The number of hydrogen-bond acceptors (Lipinski definition) is 6. The van der Waals surface area contributed by atoms with Crippen molar-refractivity contribution in [1.29, 1.82) is 0 Å². The Bertz CT molecular complexity index is 1230. The number of carbonyl (C=O) groups excluding carboxylic acids is 1. The normalized spacial score (nSPS) is 10.9. The highest BCUT2D eigenvalue weighted by molar-refractivity contribution is 5.88. The summed E-state index contributed by atoms with van der Waals surface area (Å²) >= 11 is 0. The number of oxazole rings is 1. The molecular formula is C21H17N3O4. The van der Waals surface area contributed by atoms with E-state index >= 15 is 0 Å². The van der Waals surface area contributed by atoms with Crippen molar-refractivity contribution in [2.24, 2.45) is 0 Å². The summed E-state index contributed by atoms with van der Waals surface area (Å²) in [7, 11) is 0. The van der Waals surface area contributed by atoms with Gasteiger partial charge in [-0.25, -0.2) is 14.8 Å². The molecule has 0 spiro atoms. The summed E-state index contributed by atoms with van der Waals surface area (Å²) in [5.41, 5.74) is 2.40. The minimum absolute atomic E-state index is 0.104. The van der Waals surface area contributed by atoms with E-state index in [1.807, 2.05) is 43.3 Å². The van der Waals surface area contributed by atoms with E-state index in [4.69, 9.17) is 9.15 Å². The molecular weight excluding hydrogens is 358 g/mol. The van der Waals surface area contributed by atoms with Crippen LogP contribution in [0.3, 0.4) is 0 Å². The fourth-order valence-electron chi connectivity index (χ4n) is 2.88. The molecule has 0 radical (unpaired) electrons. The zero-order valence-electron chi connectivity index (χ0n) is 15.4. The molecule has 0 bridgehead atoms. The summed E-state index contributed by atoms with van der Waals surface area (Å²) in [6.45, 7) is 3.38. The lowest BCUT2D eigenvalue weighted by molar-refractivity contribution is 0.0459. The average Bonchev–Trinajstić information content (AvgIpc) is 3.09. The Morgan fingerprint density at radius 1 is 1.11 bits per heavy atom. The van der Waals surface area contributed by atoms with Crippen LogP contribution in [-0.2, 0) is 11.3 Å². The van der Waals surface area contributed by atoms with Gasteiger partial charge in [-0.3, -0.25) is 9.20 Å². The molecule has 3 aromatic heterocycles. The predicted octanol–water partition coefficient (Wildman–Crippen LogP) is 3.32. The van der Waals surface area contributed by atoms with Crippen molar-refractivity contribution in [3.63, 3.8) is 0 Å². The van der Waals surface area contributed by atoms with E-state index < -0.39 is 5.97 Å². The summed E-state index contributed by atoms with van der Waals surface area (Å²) in [6.07, 6.45) is 1.65. The van der Waals surface area contributed by atoms with Crippen LogP contribution in [0.4, 0.5) is 0 Å². The number of ether oxygens (including phenoxy) is 1. The highest BCUT2D eigenvalue weighted by atomic mass is 16.5. The molecule has 0 aliphatic carbocycles. The number of nitrogens with zero attached hydrogens (tertiary/aromatic N) is 3. The summed E-state index contributed by atoms with van der Waals surface area (Å²) in [5.74, 6) is 0.0872. The number of esters is 1. The van der Waals surface area contributed by atoms with Crippen molar-refractivity contribution in [2.75, 3.05) is 0 Å². The molecule has 1 aromatic carbocycles. The van der Waals surface area contributed by atoms with Crippen molar-refractivity contribution < 1.29 is 13.9 Å². The summed E-state index contributed by atoms with van der Waals surface area (Å²) < 4.78 is 12.4. The number of pyridine rings is 1. The van der Waals surface area contributed by atoms with Gasteiger partial charge in [0.1, 0.15) is 18.0 Å². The standard InChI is InChI=1S/C21H17N3O4/c1-13-7-6-10-24-17(25)11-16(22-19(13)24)12-27-21(26)18-14(2)28-20(23-18)15-8-4-3-5-9-15/h3-11H,12H2,1-2H3. The van der Waals surface area contributed by atoms with E-state index in [1.54, 1.807) is 19.2 Å². The lowest BCUT2D eigenvalue weighted by atomic mass is 10.2. The lowest BCUT2D eigenvalue weighted by Gasteiger charge is -2.06. The third kappa shape index (κ3) is 3.29. The second-order valence-corrected chi connectivity index (χ2v) is 6.34. The molecule has 0 aliphatic rings. The van der Waals surface area contributed by atoms with Crippen LogP contribution in [0.15, 0.2) is 63.9 Å². The van der Waals surface area contributed by atoms with E-state index in [2.05, 4.69) is 9.97 Å². The molecule has 0 atom stereocenters. The number of aromatic nitrogens is 3. The summed E-state index contributed by atoms with van der Waals surface area (Å²) in [5, 5.41) is 0. The zero-order valence-corrected chi connectivity index (χ0v) is 15.4. The van der Waals surface area contributed by atoms with Gasteiger partial charge in [0.25, 0.3) is 5.56 Å². The Labute approximate surface area is 160 Å². The summed E-state index contributed by atoms with van der Waals surface area (Å²) in [4.78, 5) is 33.3. The van der Waals surface area contributed by atoms with Gasteiger partial charge in [0.05, 0.1) is 5.69 Å². The lowest BCUT2D eigenvalue weighted by Crippen LogP contribution is -2.17. The van der Waals surface area contributed by atoms with Gasteiger partial charge in [-0.15, -0.1) is 0 Å². The molecule has 4 aromatic rings. The quantitative estimate of drug-likeness (QED) is 0.509. The van der Waals surface area contributed by atoms with Crippen molar-refractivity contribution in [3.8, 4) is 11.5 Å². The average molecular weight is 375 g/mol. The molecule has 3 heterocycles. The van der Waals surface area contributed by atoms with Crippen molar-refractivity contribution in [2.45, 2.75) is 20.5 Å². The third-order valence-corrected chi connectivity index (χ3v) is 4.30. The molecule has 0 aliphatic heterocycles. The first-order valence-electron chi connectivity index (χ1n) is 8.71. The third-order valence-electron chi connectivity index (χ3n) is 4.30. The molecule has 0 fully saturated rings. The maximum atomic E-state index is 12.4. The van der Waals surface area contributed by atoms with Crippen LogP contribution < -0.4 is 5.56 Å². The van der Waals surface area contributed by atoms with Gasteiger partial charge in [0, 0.05) is 17.8 Å². The van der Waals surface area contributed by atoms with Gasteiger partial charge in [0.2, 0.25) is 5.89 Å². The zero-order chi connectivity index (χ0) is 19.7. The summed E-state index contributed by atoms with van der Waals surface area (Å²) in [6, 6.07) is 14.3. The van der Waals surface area contributed by atoms with Gasteiger partial charge < -0.3 is 9.15 Å². The molecule has 0 amide bonds. The predicted molar refractivity (Wildman–Crippen MR) is 102 cm³/mol. The van der Waals surface area contributed by atoms with E-state index in [-0.39, 0.29) is 17.9 Å². The Balaban J connectivity index is 1.55. The van der Waals surface area contributed by atoms with Crippen molar-refractivity contribution in [1.82, 2.24) is 14.4 Å². The first-order valence-corrected chi connectivity index (χ1v) is 8.71. The van der Waals surface area contributed by atoms with Crippen LogP contribution in [0.2, 0.25) is 0 Å². The van der Waals surface area contributed by atoms with Gasteiger partial charge in [-0.1, -0.05) is 24.3 Å².